The SMILES string of the molecule is COc1ccc(Br)cc1/C=N\NC(=O)CNc1cccc(C(F)(F)F)c1. The van der Waals surface area contributed by atoms with Crippen LogP contribution >= 0.6 is 15.9 Å². The number of alkyl halides is 3. The first-order valence-electron chi connectivity index (χ1n) is 7.36. The van der Waals surface area contributed by atoms with Crippen LogP contribution in [0.2, 0.25) is 0 Å². The fraction of sp³-hybridized carbons (Fsp3) is 0.176. The molecule has 0 fully saturated rings. The van der Waals surface area contributed by atoms with E-state index in [2.05, 4.69) is 31.8 Å². The molecule has 0 aliphatic carbocycles. The zero-order valence-electron chi connectivity index (χ0n) is 13.6. The number of benzene rings is 2. The summed E-state index contributed by atoms with van der Waals surface area (Å²) in [6.07, 6.45) is -3.03. The van der Waals surface area contributed by atoms with Crippen LogP contribution in [0, 0.1) is 0 Å². The van der Waals surface area contributed by atoms with E-state index in [0.29, 0.717) is 11.3 Å². The van der Waals surface area contributed by atoms with Crippen molar-refractivity contribution in [1.82, 2.24) is 5.43 Å². The molecule has 0 spiro atoms. The third-order valence-corrected chi connectivity index (χ3v) is 3.72. The molecule has 2 aromatic rings. The van der Waals surface area contributed by atoms with Gasteiger partial charge in [0, 0.05) is 15.7 Å². The van der Waals surface area contributed by atoms with Gasteiger partial charge in [-0.3, -0.25) is 4.79 Å². The van der Waals surface area contributed by atoms with Crippen LogP contribution < -0.4 is 15.5 Å². The van der Waals surface area contributed by atoms with Gasteiger partial charge in [0.2, 0.25) is 0 Å². The van der Waals surface area contributed by atoms with Crippen LogP contribution in [0.5, 0.6) is 5.75 Å². The van der Waals surface area contributed by atoms with E-state index in [1.165, 1.54) is 25.5 Å². The zero-order chi connectivity index (χ0) is 19.2. The van der Waals surface area contributed by atoms with Crippen LogP contribution in [-0.2, 0) is 11.0 Å². The molecular formula is C17H15BrF3N3O2. The lowest BCUT2D eigenvalue weighted by Gasteiger charge is -2.10. The number of halogens is 4. The van der Waals surface area contributed by atoms with Gasteiger partial charge in [-0.2, -0.15) is 18.3 Å². The lowest BCUT2D eigenvalue weighted by Crippen LogP contribution is -2.26. The normalized spacial score (nSPS) is 11.4. The minimum Gasteiger partial charge on any atom is -0.496 e. The van der Waals surface area contributed by atoms with Gasteiger partial charge < -0.3 is 10.1 Å². The van der Waals surface area contributed by atoms with Crippen LogP contribution in [0.15, 0.2) is 52.0 Å². The van der Waals surface area contributed by atoms with Gasteiger partial charge in [-0.1, -0.05) is 22.0 Å². The second-order valence-electron chi connectivity index (χ2n) is 5.11. The Morgan fingerprint density at radius 1 is 1.27 bits per heavy atom. The number of rotatable bonds is 6. The third kappa shape index (κ3) is 5.76. The maximum Gasteiger partial charge on any atom is 0.416 e. The molecule has 0 aliphatic rings. The van der Waals surface area contributed by atoms with E-state index in [1.807, 2.05) is 0 Å². The quantitative estimate of drug-likeness (QED) is 0.537. The molecule has 9 heteroatoms. The summed E-state index contributed by atoms with van der Waals surface area (Å²) in [5.41, 5.74) is 2.34. The number of nitrogens with zero attached hydrogens (tertiary/aromatic N) is 1. The number of carbonyl (C=O) groups is 1. The predicted octanol–water partition coefficient (Wildman–Crippen LogP) is 4.04. The average Bonchev–Trinajstić information content (AvgIpc) is 2.60. The Hall–Kier alpha value is -2.55. The van der Waals surface area contributed by atoms with Gasteiger partial charge in [0.05, 0.1) is 25.4 Å². The predicted molar refractivity (Wildman–Crippen MR) is 96.4 cm³/mol. The molecule has 0 bridgehead atoms. The zero-order valence-corrected chi connectivity index (χ0v) is 15.2. The van der Waals surface area contributed by atoms with E-state index in [-0.39, 0.29) is 12.2 Å². The number of hydrazone groups is 1. The largest absolute Gasteiger partial charge is 0.496 e. The summed E-state index contributed by atoms with van der Waals surface area (Å²) in [5, 5.41) is 6.43. The van der Waals surface area contributed by atoms with E-state index < -0.39 is 17.6 Å². The highest BCUT2D eigenvalue weighted by atomic mass is 79.9. The molecule has 0 heterocycles. The Kier molecular flexibility index (Phi) is 6.62. The van der Waals surface area contributed by atoms with Gasteiger partial charge in [0.25, 0.3) is 5.91 Å². The number of hydrogen-bond donors (Lipinski definition) is 2. The molecule has 1 amide bonds. The van der Waals surface area contributed by atoms with E-state index in [4.69, 9.17) is 4.74 Å². The lowest BCUT2D eigenvalue weighted by molar-refractivity contribution is -0.137. The summed E-state index contributed by atoms with van der Waals surface area (Å²) in [6, 6.07) is 9.90. The first-order valence-corrected chi connectivity index (χ1v) is 8.15. The van der Waals surface area contributed by atoms with Crippen LogP contribution in [0.25, 0.3) is 0 Å². The van der Waals surface area contributed by atoms with Gasteiger partial charge >= 0.3 is 6.18 Å². The standard InChI is InChI=1S/C17H15BrF3N3O2/c1-26-15-6-5-13(18)7-11(15)9-23-24-16(25)10-22-14-4-2-3-12(8-14)17(19,20)21/h2-9,22H,10H2,1H3,(H,24,25)/b23-9-. The minimum absolute atomic E-state index is 0.188. The molecule has 5 nitrogen and oxygen atoms in total. The molecule has 0 aromatic heterocycles. The molecule has 2 rings (SSSR count). The van der Waals surface area contributed by atoms with Crippen LogP contribution in [0.3, 0.4) is 0 Å². The molecule has 0 saturated heterocycles. The number of ether oxygens (including phenoxy) is 1. The molecule has 0 saturated carbocycles. The Morgan fingerprint density at radius 2 is 2.04 bits per heavy atom. The number of anilines is 1. The Balaban J connectivity index is 1.91. The Bertz CT molecular complexity index is 810. The fourth-order valence-corrected chi connectivity index (χ4v) is 2.39. The highest BCUT2D eigenvalue weighted by molar-refractivity contribution is 9.10. The topological polar surface area (TPSA) is 62.7 Å². The van der Waals surface area contributed by atoms with Crippen molar-refractivity contribution in [1.29, 1.82) is 0 Å². The summed E-state index contributed by atoms with van der Waals surface area (Å²) < 4.78 is 43.9. The van der Waals surface area contributed by atoms with Crippen molar-refractivity contribution in [2.75, 3.05) is 19.0 Å². The molecular weight excluding hydrogens is 415 g/mol. The van der Waals surface area contributed by atoms with Crippen molar-refractivity contribution in [2.45, 2.75) is 6.18 Å². The van der Waals surface area contributed by atoms with E-state index >= 15 is 0 Å². The highest BCUT2D eigenvalue weighted by Gasteiger charge is 2.30. The number of amides is 1. The number of nitrogens with one attached hydrogen (secondary N) is 2. The van der Waals surface area contributed by atoms with Crippen molar-refractivity contribution < 1.29 is 22.7 Å². The average molecular weight is 430 g/mol. The lowest BCUT2D eigenvalue weighted by atomic mass is 10.2. The van der Waals surface area contributed by atoms with Crippen molar-refractivity contribution in [3.05, 3.63) is 58.1 Å². The maximum absolute atomic E-state index is 12.6. The second kappa shape index (κ2) is 8.70. The maximum atomic E-state index is 12.6. The monoisotopic (exact) mass is 429 g/mol. The summed E-state index contributed by atoms with van der Waals surface area (Å²) in [4.78, 5) is 11.8. The highest BCUT2D eigenvalue weighted by Crippen LogP contribution is 2.30. The molecule has 0 atom stereocenters. The first-order chi connectivity index (χ1) is 12.3. The molecule has 0 aliphatic heterocycles. The molecule has 2 aromatic carbocycles. The van der Waals surface area contributed by atoms with Crippen molar-refractivity contribution in [2.24, 2.45) is 5.10 Å². The Labute approximate surface area is 156 Å². The number of hydrogen-bond acceptors (Lipinski definition) is 4. The van der Waals surface area contributed by atoms with Crippen LogP contribution in [0.4, 0.5) is 18.9 Å². The molecule has 0 unspecified atom stereocenters. The summed E-state index contributed by atoms with van der Waals surface area (Å²) in [6.45, 7) is -0.228. The van der Waals surface area contributed by atoms with Gasteiger partial charge in [0.15, 0.2) is 0 Å². The minimum atomic E-state index is -4.44. The van der Waals surface area contributed by atoms with Crippen molar-refractivity contribution in [3.63, 3.8) is 0 Å². The Morgan fingerprint density at radius 3 is 2.73 bits per heavy atom. The van der Waals surface area contributed by atoms with Crippen molar-refractivity contribution >= 4 is 33.7 Å². The summed E-state index contributed by atoms with van der Waals surface area (Å²) >= 11 is 3.32. The first kappa shape index (κ1) is 19.8. The smallest absolute Gasteiger partial charge is 0.416 e. The summed E-state index contributed by atoms with van der Waals surface area (Å²) in [5.74, 6) is 0.0703. The number of methoxy groups -OCH3 is 1. The molecule has 26 heavy (non-hydrogen) atoms. The third-order valence-electron chi connectivity index (χ3n) is 3.23. The van der Waals surface area contributed by atoms with Gasteiger partial charge in [0.1, 0.15) is 5.75 Å². The van der Waals surface area contributed by atoms with Crippen LogP contribution in [0.1, 0.15) is 11.1 Å². The van der Waals surface area contributed by atoms with Crippen LogP contribution in [-0.4, -0.2) is 25.8 Å². The van der Waals surface area contributed by atoms with E-state index in [0.717, 1.165) is 16.6 Å². The van der Waals surface area contributed by atoms with Gasteiger partial charge in [-0.05, 0) is 36.4 Å². The number of carbonyl (C=O) groups excluding carboxylic acids is 1. The molecule has 138 valence electrons. The van der Waals surface area contributed by atoms with Gasteiger partial charge in [-0.15, -0.1) is 0 Å². The van der Waals surface area contributed by atoms with Crippen molar-refractivity contribution in [3.8, 4) is 5.75 Å². The molecule has 2 N–H and O–H groups in total. The van der Waals surface area contributed by atoms with E-state index in [9.17, 15) is 18.0 Å². The van der Waals surface area contributed by atoms with E-state index in [1.54, 1.807) is 18.2 Å². The van der Waals surface area contributed by atoms with Gasteiger partial charge in [-0.25, -0.2) is 5.43 Å². The second-order valence-corrected chi connectivity index (χ2v) is 6.03. The molecule has 0 radical (unpaired) electrons. The fourth-order valence-electron chi connectivity index (χ4n) is 2.01. The summed E-state index contributed by atoms with van der Waals surface area (Å²) in [7, 11) is 1.51.